The smallest absolute Gasteiger partial charge is 0.265 e. The highest BCUT2D eigenvalue weighted by Gasteiger charge is 2.14. The summed E-state index contributed by atoms with van der Waals surface area (Å²) >= 11 is 9.66. The Morgan fingerprint density at radius 3 is 2.68 bits per heavy atom. The molecule has 6 heteroatoms. The minimum atomic E-state index is -0.383. The van der Waals surface area contributed by atoms with Crippen molar-refractivity contribution >= 4 is 44.3 Å². The second-order valence-electron chi connectivity index (χ2n) is 4.67. The summed E-state index contributed by atoms with van der Waals surface area (Å²) in [6, 6.07) is 14.7. The number of aromatic nitrogens is 1. The maximum Gasteiger partial charge on any atom is 0.265 e. The topological polar surface area (TPSA) is 68.0 Å². The number of para-hydroxylation sites is 1. The summed E-state index contributed by atoms with van der Waals surface area (Å²) in [6.07, 6.45) is 0. The van der Waals surface area contributed by atoms with Crippen LogP contribution in [0.5, 0.6) is 0 Å². The first-order valence-corrected chi connectivity index (χ1v) is 7.63. The number of amides is 1. The van der Waals surface area contributed by atoms with Gasteiger partial charge in [-0.15, -0.1) is 0 Å². The van der Waals surface area contributed by atoms with Crippen LogP contribution in [0.4, 0.5) is 0 Å². The summed E-state index contributed by atoms with van der Waals surface area (Å²) in [5.74, 6) is 4.90. The quantitative estimate of drug-likeness (QED) is 0.405. The van der Waals surface area contributed by atoms with E-state index in [2.05, 4.69) is 26.3 Å². The molecule has 0 spiro atoms. The second-order valence-corrected chi connectivity index (χ2v) is 6.00. The molecule has 1 amide bonds. The number of fused-ring (bicyclic) bond motifs is 1. The van der Waals surface area contributed by atoms with Gasteiger partial charge in [-0.05, 0) is 24.3 Å². The van der Waals surface area contributed by atoms with Crippen molar-refractivity contribution < 1.29 is 4.79 Å². The number of nitrogens with one attached hydrogen (secondary N) is 1. The molecule has 0 radical (unpaired) electrons. The van der Waals surface area contributed by atoms with Crippen molar-refractivity contribution in [3.8, 4) is 11.3 Å². The number of hydrogen-bond acceptors (Lipinski definition) is 3. The summed E-state index contributed by atoms with van der Waals surface area (Å²) in [7, 11) is 0. The number of pyridine rings is 1. The molecule has 0 saturated carbocycles. The van der Waals surface area contributed by atoms with Crippen LogP contribution in [0.2, 0.25) is 5.02 Å². The Bertz CT molecular complexity index is 882. The first-order valence-electron chi connectivity index (χ1n) is 6.46. The maximum atomic E-state index is 12.1. The third kappa shape index (κ3) is 2.70. The van der Waals surface area contributed by atoms with Gasteiger partial charge in [0.05, 0.1) is 21.8 Å². The fraction of sp³-hybridized carbons (Fsp3) is 0. The van der Waals surface area contributed by atoms with E-state index in [9.17, 15) is 4.79 Å². The molecule has 3 N–H and O–H groups in total. The van der Waals surface area contributed by atoms with Crippen LogP contribution in [-0.4, -0.2) is 10.9 Å². The number of nitrogen functional groups attached to an aromatic ring is 1. The number of halogens is 2. The molecule has 0 atom stereocenters. The molecule has 1 heterocycles. The Kier molecular flexibility index (Phi) is 4.11. The number of carbonyl (C=O) groups is 1. The van der Waals surface area contributed by atoms with E-state index in [-0.39, 0.29) is 5.91 Å². The van der Waals surface area contributed by atoms with Crippen molar-refractivity contribution in [1.29, 1.82) is 0 Å². The van der Waals surface area contributed by atoms with Crippen LogP contribution in [0.15, 0.2) is 53.0 Å². The standard InChI is InChI=1S/C16H11BrClN3O/c17-10-4-1-3-9(7-10)14-8-12(16(22)21-19)11-5-2-6-13(18)15(11)20-14/h1-8H,19H2,(H,21,22). The Balaban J connectivity index is 2.33. The van der Waals surface area contributed by atoms with Crippen LogP contribution in [-0.2, 0) is 0 Å². The van der Waals surface area contributed by atoms with Gasteiger partial charge in [0.15, 0.2) is 0 Å². The lowest BCUT2D eigenvalue weighted by molar-refractivity contribution is 0.0955. The number of nitrogens with two attached hydrogens (primary N) is 1. The molecule has 0 aliphatic rings. The van der Waals surface area contributed by atoms with E-state index in [0.717, 1.165) is 10.0 Å². The number of hydrogen-bond donors (Lipinski definition) is 2. The van der Waals surface area contributed by atoms with Gasteiger partial charge in [-0.25, -0.2) is 10.8 Å². The third-order valence-electron chi connectivity index (χ3n) is 3.29. The molecule has 1 aromatic heterocycles. The zero-order valence-corrected chi connectivity index (χ0v) is 13.6. The van der Waals surface area contributed by atoms with Crippen LogP contribution < -0.4 is 11.3 Å². The highest BCUT2D eigenvalue weighted by atomic mass is 79.9. The first kappa shape index (κ1) is 15.0. The van der Waals surface area contributed by atoms with Crippen LogP contribution in [0.25, 0.3) is 22.2 Å². The molecule has 3 aromatic rings. The van der Waals surface area contributed by atoms with Gasteiger partial charge in [-0.2, -0.15) is 0 Å². The molecular weight excluding hydrogens is 366 g/mol. The number of rotatable bonds is 2. The van der Waals surface area contributed by atoms with E-state index in [1.165, 1.54) is 0 Å². The zero-order chi connectivity index (χ0) is 15.7. The largest absolute Gasteiger partial charge is 0.290 e. The lowest BCUT2D eigenvalue weighted by Crippen LogP contribution is -2.30. The molecule has 0 aliphatic heterocycles. The van der Waals surface area contributed by atoms with Crippen molar-refractivity contribution in [2.75, 3.05) is 0 Å². The lowest BCUT2D eigenvalue weighted by Gasteiger charge is -2.10. The number of hydrazine groups is 1. The van der Waals surface area contributed by atoms with Gasteiger partial charge in [0.25, 0.3) is 5.91 Å². The summed E-state index contributed by atoms with van der Waals surface area (Å²) in [5, 5.41) is 1.15. The summed E-state index contributed by atoms with van der Waals surface area (Å²) in [4.78, 5) is 16.7. The Hall–Kier alpha value is -1.95. The van der Waals surface area contributed by atoms with Crippen molar-refractivity contribution in [3.05, 3.63) is 63.6 Å². The molecule has 110 valence electrons. The van der Waals surface area contributed by atoms with Crippen molar-refractivity contribution in [2.45, 2.75) is 0 Å². The van der Waals surface area contributed by atoms with E-state index in [4.69, 9.17) is 17.4 Å². The normalized spacial score (nSPS) is 10.7. The fourth-order valence-corrected chi connectivity index (χ4v) is 2.89. The molecule has 0 unspecified atom stereocenters. The van der Waals surface area contributed by atoms with Gasteiger partial charge in [-0.1, -0.05) is 51.8 Å². The van der Waals surface area contributed by atoms with Crippen LogP contribution in [0, 0.1) is 0 Å². The average molecular weight is 377 g/mol. The maximum absolute atomic E-state index is 12.1. The zero-order valence-electron chi connectivity index (χ0n) is 11.3. The molecular formula is C16H11BrClN3O. The Morgan fingerprint density at radius 1 is 1.18 bits per heavy atom. The summed E-state index contributed by atoms with van der Waals surface area (Å²) in [5.41, 5.74) is 4.70. The highest BCUT2D eigenvalue weighted by molar-refractivity contribution is 9.10. The van der Waals surface area contributed by atoms with Crippen LogP contribution >= 0.6 is 27.5 Å². The van der Waals surface area contributed by atoms with E-state index in [1.54, 1.807) is 24.3 Å². The lowest BCUT2D eigenvalue weighted by atomic mass is 10.0. The van der Waals surface area contributed by atoms with E-state index >= 15 is 0 Å². The molecule has 0 aliphatic carbocycles. The molecule has 2 aromatic carbocycles. The predicted molar refractivity (Wildman–Crippen MR) is 91.5 cm³/mol. The molecule has 4 nitrogen and oxygen atoms in total. The van der Waals surface area contributed by atoms with Crippen molar-refractivity contribution in [1.82, 2.24) is 10.4 Å². The predicted octanol–water partition coefficient (Wildman–Crippen LogP) is 3.92. The number of nitrogens with zero attached hydrogens (tertiary/aromatic N) is 1. The minimum absolute atomic E-state index is 0.383. The first-order chi connectivity index (χ1) is 10.6. The summed E-state index contributed by atoms with van der Waals surface area (Å²) < 4.78 is 0.927. The Labute approximate surface area is 140 Å². The number of carbonyl (C=O) groups excluding carboxylic acids is 1. The van der Waals surface area contributed by atoms with Gasteiger partial charge in [0.1, 0.15) is 0 Å². The van der Waals surface area contributed by atoms with E-state index in [1.807, 2.05) is 24.3 Å². The SMILES string of the molecule is NNC(=O)c1cc(-c2cccc(Br)c2)nc2c(Cl)cccc12. The van der Waals surface area contributed by atoms with Gasteiger partial charge < -0.3 is 0 Å². The third-order valence-corrected chi connectivity index (χ3v) is 4.08. The fourth-order valence-electron chi connectivity index (χ4n) is 2.27. The van der Waals surface area contributed by atoms with E-state index < -0.39 is 0 Å². The molecule has 22 heavy (non-hydrogen) atoms. The summed E-state index contributed by atoms with van der Waals surface area (Å²) in [6.45, 7) is 0. The average Bonchev–Trinajstić information content (AvgIpc) is 2.53. The van der Waals surface area contributed by atoms with Crippen molar-refractivity contribution in [3.63, 3.8) is 0 Å². The van der Waals surface area contributed by atoms with Crippen LogP contribution in [0.3, 0.4) is 0 Å². The Morgan fingerprint density at radius 2 is 1.95 bits per heavy atom. The highest BCUT2D eigenvalue weighted by Crippen LogP contribution is 2.30. The molecule has 0 bridgehead atoms. The molecule has 0 fully saturated rings. The van der Waals surface area contributed by atoms with Crippen molar-refractivity contribution in [2.24, 2.45) is 5.84 Å². The van der Waals surface area contributed by atoms with Gasteiger partial charge in [0, 0.05) is 15.4 Å². The van der Waals surface area contributed by atoms with Crippen LogP contribution in [0.1, 0.15) is 10.4 Å². The monoisotopic (exact) mass is 375 g/mol. The van der Waals surface area contributed by atoms with Gasteiger partial charge in [-0.3, -0.25) is 10.2 Å². The minimum Gasteiger partial charge on any atom is -0.290 e. The van der Waals surface area contributed by atoms with Gasteiger partial charge in [0.2, 0.25) is 0 Å². The molecule has 0 saturated heterocycles. The van der Waals surface area contributed by atoms with E-state index in [0.29, 0.717) is 27.2 Å². The molecule has 3 rings (SSSR count). The second kappa shape index (κ2) is 6.04. The number of benzene rings is 2. The van der Waals surface area contributed by atoms with Gasteiger partial charge >= 0.3 is 0 Å².